The lowest BCUT2D eigenvalue weighted by atomic mass is 10.2. The van der Waals surface area contributed by atoms with Crippen LogP contribution >= 0.6 is 34.2 Å². The number of esters is 1. The number of nitrogens with zero attached hydrogens (tertiary/aromatic N) is 2. The van der Waals surface area contributed by atoms with Gasteiger partial charge >= 0.3 is 5.97 Å². The third-order valence-corrected chi connectivity index (χ3v) is 2.92. The molecule has 0 aromatic carbocycles. The smallest absolute Gasteiger partial charge is 0.339 e. The number of carbonyl (C=O) groups is 1. The zero-order valence-corrected chi connectivity index (χ0v) is 11.2. The van der Waals surface area contributed by atoms with E-state index >= 15 is 0 Å². The molecule has 0 aliphatic carbocycles. The molecular formula is C9H7ClIN3O2. The van der Waals surface area contributed by atoms with Gasteiger partial charge in [-0.2, -0.15) is 5.10 Å². The van der Waals surface area contributed by atoms with E-state index in [2.05, 4.69) is 15.2 Å². The van der Waals surface area contributed by atoms with Gasteiger partial charge < -0.3 is 4.74 Å². The maximum atomic E-state index is 11.7. The molecule has 0 atom stereocenters. The summed E-state index contributed by atoms with van der Waals surface area (Å²) in [6, 6.07) is 1.49. The van der Waals surface area contributed by atoms with Gasteiger partial charge in [-0.25, -0.2) is 9.78 Å². The predicted molar refractivity (Wildman–Crippen MR) is 67.6 cm³/mol. The number of aromatic nitrogens is 3. The average molecular weight is 352 g/mol. The second-order valence-corrected chi connectivity index (χ2v) is 4.36. The van der Waals surface area contributed by atoms with Crippen molar-refractivity contribution in [1.29, 1.82) is 0 Å². The molecule has 2 rings (SSSR count). The van der Waals surface area contributed by atoms with Crippen molar-refractivity contribution in [2.75, 3.05) is 6.61 Å². The van der Waals surface area contributed by atoms with Gasteiger partial charge in [-0.05, 0) is 35.6 Å². The molecule has 0 aliphatic rings. The van der Waals surface area contributed by atoms with E-state index in [4.69, 9.17) is 16.3 Å². The topological polar surface area (TPSA) is 67.9 Å². The zero-order valence-electron chi connectivity index (χ0n) is 8.25. The van der Waals surface area contributed by atoms with Gasteiger partial charge in [0, 0.05) is 0 Å². The maximum Gasteiger partial charge on any atom is 0.339 e. The Kier molecular flexibility index (Phi) is 3.29. The quantitative estimate of drug-likeness (QED) is 0.512. The van der Waals surface area contributed by atoms with Crippen LogP contribution in [0.3, 0.4) is 0 Å². The lowest BCUT2D eigenvalue weighted by Crippen LogP contribution is -2.06. The first kappa shape index (κ1) is 11.6. The molecule has 0 spiro atoms. The van der Waals surface area contributed by atoms with Crippen molar-refractivity contribution >= 4 is 51.2 Å². The van der Waals surface area contributed by atoms with Crippen molar-refractivity contribution in [1.82, 2.24) is 15.2 Å². The van der Waals surface area contributed by atoms with Gasteiger partial charge in [-0.3, -0.25) is 5.10 Å². The van der Waals surface area contributed by atoms with Crippen LogP contribution in [0.25, 0.3) is 11.0 Å². The van der Waals surface area contributed by atoms with Crippen molar-refractivity contribution in [2.45, 2.75) is 6.92 Å². The summed E-state index contributed by atoms with van der Waals surface area (Å²) in [5.41, 5.74) is 0.870. The lowest BCUT2D eigenvalue weighted by Gasteiger charge is -2.03. The molecule has 0 radical (unpaired) electrons. The number of nitrogens with one attached hydrogen (secondary N) is 1. The van der Waals surface area contributed by atoms with Gasteiger partial charge in [0.15, 0.2) is 5.65 Å². The van der Waals surface area contributed by atoms with Crippen molar-refractivity contribution < 1.29 is 9.53 Å². The van der Waals surface area contributed by atoms with Gasteiger partial charge in [0.05, 0.1) is 17.6 Å². The van der Waals surface area contributed by atoms with Gasteiger partial charge in [-0.15, -0.1) is 0 Å². The Morgan fingerprint density at radius 1 is 1.69 bits per heavy atom. The highest BCUT2D eigenvalue weighted by Crippen LogP contribution is 2.24. The van der Waals surface area contributed by atoms with E-state index in [1.165, 1.54) is 6.07 Å². The minimum Gasteiger partial charge on any atom is -0.462 e. The average Bonchev–Trinajstić information content (AvgIpc) is 2.59. The van der Waals surface area contributed by atoms with Crippen LogP contribution in [-0.4, -0.2) is 27.8 Å². The number of fused-ring (bicyclic) bond motifs is 1. The number of hydrogen-bond acceptors (Lipinski definition) is 4. The highest BCUT2D eigenvalue weighted by Gasteiger charge is 2.17. The molecule has 2 heterocycles. The minimum atomic E-state index is -0.420. The Morgan fingerprint density at radius 2 is 2.44 bits per heavy atom. The summed E-state index contributed by atoms with van der Waals surface area (Å²) >= 11 is 7.83. The summed E-state index contributed by atoms with van der Waals surface area (Å²) in [5.74, 6) is -0.420. The van der Waals surface area contributed by atoms with Gasteiger partial charge in [0.25, 0.3) is 0 Å². The van der Waals surface area contributed by atoms with Crippen molar-refractivity contribution in [3.05, 3.63) is 20.5 Å². The molecule has 0 saturated carbocycles. The van der Waals surface area contributed by atoms with E-state index in [9.17, 15) is 4.79 Å². The standard InChI is InChI=1S/C9H7ClIN3O2/c1-2-16-9(15)4-3-5(10)12-8-6(4)7(11)13-14-8/h3H,2H2,1H3,(H,12,13,14). The summed E-state index contributed by atoms with van der Waals surface area (Å²) in [6.45, 7) is 2.06. The minimum absolute atomic E-state index is 0.232. The van der Waals surface area contributed by atoms with E-state index in [0.29, 0.717) is 26.9 Å². The van der Waals surface area contributed by atoms with E-state index < -0.39 is 5.97 Å². The van der Waals surface area contributed by atoms with Crippen LogP contribution in [0.4, 0.5) is 0 Å². The largest absolute Gasteiger partial charge is 0.462 e. The Labute approximate surface area is 110 Å². The number of halogens is 2. The molecule has 84 valence electrons. The van der Waals surface area contributed by atoms with Crippen LogP contribution < -0.4 is 0 Å². The molecule has 0 amide bonds. The fourth-order valence-electron chi connectivity index (χ4n) is 1.33. The van der Waals surface area contributed by atoms with E-state index in [0.717, 1.165) is 0 Å². The first-order chi connectivity index (χ1) is 7.63. The first-order valence-electron chi connectivity index (χ1n) is 4.50. The molecule has 1 N–H and O–H groups in total. The third kappa shape index (κ3) is 1.99. The second-order valence-electron chi connectivity index (χ2n) is 2.95. The maximum absolute atomic E-state index is 11.7. The highest BCUT2D eigenvalue weighted by atomic mass is 127. The number of rotatable bonds is 2. The van der Waals surface area contributed by atoms with Gasteiger partial charge in [0.2, 0.25) is 0 Å². The van der Waals surface area contributed by atoms with E-state index in [1.807, 2.05) is 22.6 Å². The molecule has 0 fully saturated rings. The second kappa shape index (κ2) is 4.54. The summed E-state index contributed by atoms with van der Waals surface area (Å²) in [5, 5.41) is 7.55. The van der Waals surface area contributed by atoms with Gasteiger partial charge in [-0.1, -0.05) is 11.6 Å². The zero-order chi connectivity index (χ0) is 11.7. The Bertz CT molecular complexity index is 555. The molecule has 0 bridgehead atoms. The van der Waals surface area contributed by atoms with E-state index in [1.54, 1.807) is 6.92 Å². The van der Waals surface area contributed by atoms with Crippen LogP contribution in [0.5, 0.6) is 0 Å². The Hall–Kier alpha value is -0.890. The molecular weight excluding hydrogens is 344 g/mol. The van der Waals surface area contributed by atoms with Crippen molar-refractivity contribution in [3.8, 4) is 0 Å². The van der Waals surface area contributed by atoms with Crippen LogP contribution in [0, 0.1) is 3.70 Å². The van der Waals surface area contributed by atoms with Gasteiger partial charge in [0.1, 0.15) is 8.85 Å². The molecule has 2 aromatic rings. The number of pyridine rings is 1. The van der Waals surface area contributed by atoms with Crippen molar-refractivity contribution in [2.24, 2.45) is 0 Å². The fraction of sp³-hybridized carbons (Fsp3) is 0.222. The Balaban J connectivity index is 2.66. The predicted octanol–water partition coefficient (Wildman–Crippen LogP) is 2.39. The fourth-order valence-corrected chi connectivity index (χ4v) is 2.19. The lowest BCUT2D eigenvalue weighted by molar-refractivity contribution is 0.0528. The molecule has 5 nitrogen and oxygen atoms in total. The number of hydrogen-bond donors (Lipinski definition) is 1. The molecule has 0 unspecified atom stereocenters. The SMILES string of the molecule is CCOC(=O)c1cc(Cl)nc2[nH]nc(I)c12. The summed E-state index contributed by atoms with van der Waals surface area (Å²) < 4.78 is 5.61. The monoisotopic (exact) mass is 351 g/mol. The van der Waals surface area contributed by atoms with Crippen molar-refractivity contribution in [3.63, 3.8) is 0 Å². The molecule has 0 saturated heterocycles. The number of aromatic amines is 1. The van der Waals surface area contributed by atoms with Crippen LogP contribution in [0.1, 0.15) is 17.3 Å². The van der Waals surface area contributed by atoms with Crippen LogP contribution in [0.15, 0.2) is 6.07 Å². The molecule has 2 aromatic heterocycles. The molecule has 7 heteroatoms. The van der Waals surface area contributed by atoms with Crippen LogP contribution in [0.2, 0.25) is 5.15 Å². The normalized spacial score (nSPS) is 10.7. The highest BCUT2D eigenvalue weighted by molar-refractivity contribution is 14.1. The number of H-pyrrole nitrogens is 1. The van der Waals surface area contributed by atoms with Crippen LogP contribution in [-0.2, 0) is 4.74 Å². The Morgan fingerprint density at radius 3 is 3.12 bits per heavy atom. The number of ether oxygens (including phenoxy) is 1. The first-order valence-corrected chi connectivity index (χ1v) is 5.96. The molecule has 16 heavy (non-hydrogen) atoms. The summed E-state index contributed by atoms with van der Waals surface area (Å²) in [4.78, 5) is 15.7. The van der Waals surface area contributed by atoms with E-state index in [-0.39, 0.29) is 5.15 Å². The third-order valence-electron chi connectivity index (χ3n) is 1.95. The summed E-state index contributed by atoms with van der Waals surface area (Å²) in [7, 11) is 0. The number of carbonyl (C=O) groups excluding carboxylic acids is 1. The summed E-state index contributed by atoms with van der Waals surface area (Å²) in [6.07, 6.45) is 0. The molecule has 0 aliphatic heterocycles.